The Kier molecular flexibility index (Phi) is 5.55. The highest BCUT2D eigenvalue weighted by atomic mass is 32.2. The van der Waals surface area contributed by atoms with Gasteiger partial charge in [0.2, 0.25) is 5.91 Å². The van der Waals surface area contributed by atoms with E-state index in [2.05, 4.69) is 5.32 Å². The first-order valence-corrected chi connectivity index (χ1v) is 9.05. The summed E-state index contributed by atoms with van der Waals surface area (Å²) < 4.78 is 5.43. The topological polar surface area (TPSA) is 75.7 Å². The average molecular weight is 360 g/mol. The minimum Gasteiger partial charge on any atom is -0.376 e. The quantitative estimate of drug-likeness (QED) is 0.816. The van der Waals surface area contributed by atoms with E-state index in [9.17, 15) is 14.4 Å². The molecule has 0 bridgehead atoms. The number of hydrogen-bond acceptors (Lipinski definition) is 5. The summed E-state index contributed by atoms with van der Waals surface area (Å²) in [6.45, 7) is 2.84. The molecule has 1 N–H and O–H groups in total. The Bertz CT molecular complexity index is 708. The highest BCUT2D eigenvalue weighted by Gasteiger charge is 2.36. The molecular weight excluding hydrogens is 340 g/mol. The van der Waals surface area contributed by atoms with E-state index in [0.717, 1.165) is 40.6 Å². The van der Waals surface area contributed by atoms with Crippen LogP contribution < -0.4 is 5.32 Å². The highest BCUT2D eigenvalue weighted by molar-refractivity contribution is 8.18. The van der Waals surface area contributed by atoms with E-state index in [1.807, 2.05) is 31.2 Å². The fourth-order valence-electron chi connectivity index (χ4n) is 2.68. The summed E-state index contributed by atoms with van der Waals surface area (Å²) in [7, 11) is 0. The zero-order valence-electron chi connectivity index (χ0n) is 14.0. The molecule has 0 aliphatic carbocycles. The molecule has 1 atom stereocenters. The van der Waals surface area contributed by atoms with Crippen molar-refractivity contribution >= 4 is 34.9 Å². The molecule has 2 fully saturated rings. The van der Waals surface area contributed by atoms with E-state index in [1.54, 1.807) is 6.08 Å². The van der Waals surface area contributed by atoms with Gasteiger partial charge in [0.15, 0.2) is 0 Å². The SMILES string of the molecule is Cc1ccc(/C=C2\SC(=O)N(CC(=O)NC[C@H]3CCCO3)C2=O)cc1. The normalized spacial score (nSPS) is 22.0. The van der Waals surface area contributed by atoms with Crippen molar-refractivity contribution in [3.8, 4) is 0 Å². The van der Waals surface area contributed by atoms with Gasteiger partial charge < -0.3 is 10.1 Å². The summed E-state index contributed by atoms with van der Waals surface area (Å²) in [6, 6.07) is 7.65. The fraction of sp³-hybridized carbons (Fsp3) is 0.389. The van der Waals surface area contributed by atoms with E-state index in [-0.39, 0.29) is 18.6 Å². The lowest BCUT2D eigenvalue weighted by Gasteiger charge is -2.14. The Hall–Kier alpha value is -2.12. The monoisotopic (exact) mass is 360 g/mol. The first-order chi connectivity index (χ1) is 12.0. The van der Waals surface area contributed by atoms with Crippen molar-refractivity contribution < 1.29 is 19.1 Å². The van der Waals surface area contributed by atoms with E-state index in [1.165, 1.54) is 0 Å². The van der Waals surface area contributed by atoms with Crippen LogP contribution >= 0.6 is 11.8 Å². The minimum atomic E-state index is -0.428. The first kappa shape index (κ1) is 17.7. The van der Waals surface area contributed by atoms with Crippen LogP contribution in [0, 0.1) is 6.92 Å². The Balaban J connectivity index is 1.58. The van der Waals surface area contributed by atoms with Crippen LogP contribution in [0.15, 0.2) is 29.2 Å². The average Bonchev–Trinajstić information content (AvgIpc) is 3.19. The summed E-state index contributed by atoms with van der Waals surface area (Å²) in [5.74, 6) is -0.780. The number of nitrogens with zero attached hydrogens (tertiary/aromatic N) is 1. The summed E-state index contributed by atoms with van der Waals surface area (Å²) in [5.41, 5.74) is 1.96. The molecule has 0 aromatic heterocycles. The van der Waals surface area contributed by atoms with E-state index >= 15 is 0 Å². The van der Waals surface area contributed by atoms with Crippen molar-refractivity contribution in [1.82, 2.24) is 10.2 Å². The maximum atomic E-state index is 12.4. The number of benzene rings is 1. The van der Waals surface area contributed by atoms with Gasteiger partial charge in [-0.25, -0.2) is 0 Å². The van der Waals surface area contributed by atoms with Crippen LogP contribution in [0.4, 0.5) is 4.79 Å². The molecule has 2 aliphatic rings. The van der Waals surface area contributed by atoms with Crippen molar-refractivity contribution in [3.63, 3.8) is 0 Å². The lowest BCUT2D eigenvalue weighted by atomic mass is 10.1. The first-order valence-electron chi connectivity index (χ1n) is 8.23. The summed E-state index contributed by atoms with van der Waals surface area (Å²) in [5, 5.41) is 2.30. The van der Waals surface area contributed by atoms with Gasteiger partial charge in [0.05, 0.1) is 11.0 Å². The van der Waals surface area contributed by atoms with Crippen LogP contribution in [-0.2, 0) is 14.3 Å². The zero-order valence-corrected chi connectivity index (χ0v) is 14.8. The molecule has 0 spiro atoms. The van der Waals surface area contributed by atoms with Gasteiger partial charge in [-0.15, -0.1) is 0 Å². The second-order valence-electron chi connectivity index (χ2n) is 6.12. The Labute approximate surface area is 150 Å². The zero-order chi connectivity index (χ0) is 17.8. The van der Waals surface area contributed by atoms with Crippen LogP contribution in [-0.4, -0.2) is 47.8 Å². The third kappa shape index (κ3) is 4.49. The molecule has 6 nitrogen and oxygen atoms in total. The molecule has 2 saturated heterocycles. The number of thioether (sulfide) groups is 1. The third-order valence-electron chi connectivity index (χ3n) is 4.10. The smallest absolute Gasteiger partial charge is 0.294 e. The lowest BCUT2D eigenvalue weighted by molar-refractivity contribution is -0.129. The number of carbonyl (C=O) groups is 3. The van der Waals surface area contributed by atoms with Crippen molar-refractivity contribution in [3.05, 3.63) is 40.3 Å². The molecule has 3 rings (SSSR count). The van der Waals surface area contributed by atoms with Gasteiger partial charge in [-0.2, -0.15) is 0 Å². The lowest BCUT2D eigenvalue weighted by Crippen LogP contribution is -2.41. The molecule has 2 aliphatic heterocycles. The standard InChI is InChI=1S/C18H20N2O4S/c1-12-4-6-13(7-5-12)9-15-17(22)20(18(23)25-15)11-16(21)19-10-14-3-2-8-24-14/h4-7,9,14H,2-3,8,10-11H2,1H3,(H,19,21)/b15-9-/t14-/m1/s1. The van der Waals surface area contributed by atoms with Gasteiger partial charge in [0, 0.05) is 13.2 Å². The van der Waals surface area contributed by atoms with Gasteiger partial charge >= 0.3 is 0 Å². The van der Waals surface area contributed by atoms with Crippen molar-refractivity contribution in [2.75, 3.05) is 19.7 Å². The van der Waals surface area contributed by atoms with E-state index in [4.69, 9.17) is 4.74 Å². The highest BCUT2D eigenvalue weighted by Crippen LogP contribution is 2.32. The molecule has 3 amide bonds. The minimum absolute atomic E-state index is 0.0281. The molecule has 132 valence electrons. The fourth-order valence-corrected chi connectivity index (χ4v) is 3.52. The van der Waals surface area contributed by atoms with Gasteiger partial charge in [-0.3, -0.25) is 19.3 Å². The molecule has 1 aromatic carbocycles. The number of carbonyl (C=O) groups excluding carboxylic acids is 3. The number of aryl methyl sites for hydroxylation is 1. The number of amides is 3. The molecule has 7 heteroatoms. The number of rotatable bonds is 5. The Morgan fingerprint density at radius 1 is 1.36 bits per heavy atom. The van der Waals surface area contributed by atoms with Gasteiger partial charge in [0.25, 0.3) is 11.1 Å². The summed E-state index contributed by atoms with van der Waals surface area (Å²) >= 11 is 0.860. The summed E-state index contributed by atoms with van der Waals surface area (Å²) in [6.07, 6.45) is 3.61. The Morgan fingerprint density at radius 2 is 2.12 bits per heavy atom. The molecule has 2 heterocycles. The van der Waals surface area contributed by atoms with Gasteiger partial charge in [-0.05, 0) is 43.2 Å². The maximum Gasteiger partial charge on any atom is 0.294 e. The number of imide groups is 1. The largest absolute Gasteiger partial charge is 0.376 e. The molecule has 25 heavy (non-hydrogen) atoms. The van der Waals surface area contributed by atoms with E-state index < -0.39 is 11.1 Å². The molecule has 0 saturated carbocycles. The number of nitrogens with one attached hydrogen (secondary N) is 1. The van der Waals surface area contributed by atoms with Crippen molar-refractivity contribution in [1.29, 1.82) is 0 Å². The second kappa shape index (κ2) is 7.84. The van der Waals surface area contributed by atoms with Crippen LogP contribution in [0.1, 0.15) is 24.0 Å². The summed E-state index contributed by atoms with van der Waals surface area (Å²) in [4.78, 5) is 37.8. The second-order valence-corrected chi connectivity index (χ2v) is 7.11. The van der Waals surface area contributed by atoms with Crippen LogP contribution in [0.3, 0.4) is 0 Å². The van der Waals surface area contributed by atoms with Crippen LogP contribution in [0.2, 0.25) is 0 Å². The Morgan fingerprint density at radius 3 is 2.80 bits per heavy atom. The van der Waals surface area contributed by atoms with E-state index in [0.29, 0.717) is 18.1 Å². The predicted octanol–water partition coefficient (Wildman–Crippen LogP) is 2.33. The van der Waals surface area contributed by atoms with Crippen molar-refractivity contribution in [2.45, 2.75) is 25.9 Å². The predicted molar refractivity (Wildman–Crippen MR) is 95.8 cm³/mol. The molecule has 0 radical (unpaired) electrons. The maximum absolute atomic E-state index is 12.4. The number of hydrogen-bond donors (Lipinski definition) is 1. The third-order valence-corrected chi connectivity index (χ3v) is 5.01. The van der Waals surface area contributed by atoms with Gasteiger partial charge in [-0.1, -0.05) is 29.8 Å². The molecular formula is C18H20N2O4S. The van der Waals surface area contributed by atoms with Crippen molar-refractivity contribution in [2.24, 2.45) is 0 Å². The van der Waals surface area contributed by atoms with Crippen LogP contribution in [0.25, 0.3) is 6.08 Å². The van der Waals surface area contributed by atoms with Gasteiger partial charge in [0.1, 0.15) is 6.54 Å². The number of ether oxygens (including phenoxy) is 1. The molecule has 1 aromatic rings. The van der Waals surface area contributed by atoms with Crippen LogP contribution in [0.5, 0.6) is 0 Å². The molecule has 0 unspecified atom stereocenters.